The summed E-state index contributed by atoms with van der Waals surface area (Å²) in [4.78, 5) is 34.4. The van der Waals surface area contributed by atoms with Crippen molar-refractivity contribution >= 4 is 33.1 Å². The molecule has 2 aliphatic rings. The molecule has 6 rings (SSSR count). The molecule has 2 aromatic heterocycles. The van der Waals surface area contributed by atoms with E-state index in [1.165, 1.54) is 39.1 Å². The maximum Gasteiger partial charge on any atom is 0.410 e. The Kier molecular flexibility index (Phi) is 9.07. The van der Waals surface area contributed by atoms with E-state index in [2.05, 4.69) is 4.98 Å². The quantitative estimate of drug-likeness (QED) is 0.282. The van der Waals surface area contributed by atoms with Crippen LogP contribution in [-0.2, 0) is 37.3 Å². The summed E-state index contributed by atoms with van der Waals surface area (Å²) in [6.45, 7) is 13.1. The maximum absolute atomic E-state index is 15.8. The van der Waals surface area contributed by atoms with Crippen molar-refractivity contribution in [3.05, 3.63) is 82.4 Å². The minimum absolute atomic E-state index is 0.0277. The number of amides is 2. The van der Waals surface area contributed by atoms with Crippen LogP contribution in [0, 0.1) is 19.8 Å². The van der Waals surface area contributed by atoms with Crippen LogP contribution in [0.3, 0.4) is 0 Å². The van der Waals surface area contributed by atoms with Crippen LogP contribution in [0.4, 0.5) is 9.18 Å². The largest absolute Gasteiger partial charge is 0.444 e. The van der Waals surface area contributed by atoms with E-state index in [1.807, 2.05) is 19.1 Å². The van der Waals surface area contributed by atoms with Crippen molar-refractivity contribution in [3.8, 4) is 11.1 Å². The SMILES string of the molecule is Cc1ccc(S(=O)(=O)n2c(F)c(C)c3cc(-c4cc5c(c([C@@H]6COCCN6C(=O)OC(C)(C)C)c4)CN(C(=O)C(C)(C)O)CC5)cnc32)cc1. The van der Waals surface area contributed by atoms with Crippen LogP contribution < -0.4 is 0 Å². The Morgan fingerprint density at radius 1 is 1.02 bits per heavy atom. The minimum Gasteiger partial charge on any atom is -0.444 e. The number of hydrogen-bond acceptors (Lipinski definition) is 8. The van der Waals surface area contributed by atoms with E-state index in [4.69, 9.17) is 9.47 Å². The number of aromatic nitrogens is 2. The summed E-state index contributed by atoms with van der Waals surface area (Å²) in [6.07, 6.45) is 1.51. The van der Waals surface area contributed by atoms with E-state index in [9.17, 15) is 23.1 Å². The second-order valence-corrected chi connectivity index (χ2v) is 16.4. The van der Waals surface area contributed by atoms with Crippen molar-refractivity contribution in [1.82, 2.24) is 18.8 Å². The number of morpholine rings is 1. The Balaban J connectivity index is 1.48. The lowest BCUT2D eigenvalue weighted by Gasteiger charge is -2.40. The molecule has 1 fully saturated rings. The van der Waals surface area contributed by atoms with Crippen molar-refractivity contribution in [2.75, 3.05) is 26.3 Å². The molecule has 1 atom stereocenters. The van der Waals surface area contributed by atoms with Crippen LogP contribution >= 0.6 is 0 Å². The van der Waals surface area contributed by atoms with Gasteiger partial charge < -0.3 is 19.5 Å². The molecule has 0 aliphatic carbocycles. The number of halogens is 1. The zero-order chi connectivity index (χ0) is 36.3. The average Bonchev–Trinajstić information content (AvgIpc) is 3.31. The number of carbonyl (C=O) groups excluding carboxylic acids is 2. The van der Waals surface area contributed by atoms with Gasteiger partial charge in [0.15, 0.2) is 5.65 Å². The fraction of sp³-hybridized carbons (Fsp3) is 0.432. The zero-order valence-electron chi connectivity index (χ0n) is 29.4. The van der Waals surface area contributed by atoms with Crippen molar-refractivity contribution in [2.45, 2.75) is 83.6 Å². The molecule has 0 saturated carbocycles. The Bertz CT molecular complexity index is 2100. The first-order valence-corrected chi connectivity index (χ1v) is 18.0. The van der Waals surface area contributed by atoms with E-state index < -0.39 is 45.2 Å². The highest BCUT2D eigenvalue weighted by molar-refractivity contribution is 7.90. The van der Waals surface area contributed by atoms with Crippen LogP contribution in [0.15, 0.2) is 53.6 Å². The van der Waals surface area contributed by atoms with Crippen LogP contribution in [0.2, 0.25) is 0 Å². The van der Waals surface area contributed by atoms with E-state index >= 15 is 4.39 Å². The van der Waals surface area contributed by atoms with Gasteiger partial charge in [0, 0.05) is 42.3 Å². The molecular weight excluding hydrogens is 663 g/mol. The van der Waals surface area contributed by atoms with Gasteiger partial charge >= 0.3 is 6.09 Å². The fourth-order valence-corrected chi connectivity index (χ4v) is 7.98. The molecule has 4 heterocycles. The molecule has 2 amide bonds. The summed E-state index contributed by atoms with van der Waals surface area (Å²) in [7, 11) is -4.29. The molecule has 1 saturated heterocycles. The first-order valence-electron chi connectivity index (χ1n) is 16.6. The fourth-order valence-electron chi connectivity index (χ4n) is 6.57. The van der Waals surface area contributed by atoms with Crippen molar-refractivity contribution < 1.29 is 37.0 Å². The molecular formula is C37H43FN4O7S. The van der Waals surface area contributed by atoms with Gasteiger partial charge in [0.2, 0.25) is 5.95 Å². The van der Waals surface area contributed by atoms with E-state index in [-0.39, 0.29) is 29.3 Å². The Hall–Kier alpha value is -4.33. The Labute approximate surface area is 291 Å². The minimum atomic E-state index is -4.29. The maximum atomic E-state index is 15.8. The predicted octanol–water partition coefficient (Wildman–Crippen LogP) is 5.66. The Morgan fingerprint density at radius 2 is 1.72 bits per heavy atom. The smallest absolute Gasteiger partial charge is 0.410 e. The normalized spacial score (nSPS) is 17.2. The highest BCUT2D eigenvalue weighted by Crippen LogP contribution is 2.38. The van der Waals surface area contributed by atoms with Gasteiger partial charge in [-0.05, 0) is 101 Å². The lowest BCUT2D eigenvalue weighted by Crippen LogP contribution is -2.48. The van der Waals surface area contributed by atoms with Gasteiger partial charge in [-0.3, -0.25) is 9.69 Å². The Morgan fingerprint density at radius 3 is 2.38 bits per heavy atom. The van der Waals surface area contributed by atoms with Gasteiger partial charge in [0.05, 0.1) is 24.2 Å². The predicted molar refractivity (Wildman–Crippen MR) is 186 cm³/mol. The molecule has 0 unspecified atom stereocenters. The second kappa shape index (κ2) is 12.8. The molecule has 50 heavy (non-hydrogen) atoms. The summed E-state index contributed by atoms with van der Waals surface area (Å²) >= 11 is 0. The number of fused-ring (bicyclic) bond motifs is 2. The highest BCUT2D eigenvalue weighted by Gasteiger charge is 2.37. The van der Waals surface area contributed by atoms with Crippen LogP contribution in [-0.4, -0.2) is 81.8 Å². The standard InChI is InChI=1S/C37H43FN4O7S/c1-22-8-10-27(11-9-22)50(46,47)42-32(38)23(2)28-18-26(19-39-33(28)42)25-16-24-12-13-40(34(43)37(6,7)45)20-30(24)29(17-25)31-21-48-15-14-41(31)35(44)49-36(3,4)5/h8-11,16-19,31,45H,12-15,20-21H2,1-7H3/t31-/m0/s1. The number of pyridine rings is 1. The zero-order valence-corrected chi connectivity index (χ0v) is 30.2. The molecule has 2 aliphatic heterocycles. The summed E-state index contributed by atoms with van der Waals surface area (Å²) in [5.41, 5.74) is 2.56. The molecule has 266 valence electrons. The first kappa shape index (κ1) is 35.5. The van der Waals surface area contributed by atoms with Gasteiger partial charge in [-0.25, -0.2) is 18.2 Å². The molecule has 0 spiro atoms. The molecule has 1 N–H and O–H groups in total. The van der Waals surface area contributed by atoms with Gasteiger partial charge in [-0.1, -0.05) is 23.8 Å². The van der Waals surface area contributed by atoms with Gasteiger partial charge in [-0.15, -0.1) is 0 Å². The highest BCUT2D eigenvalue weighted by atomic mass is 32.2. The number of benzene rings is 2. The summed E-state index contributed by atoms with van der Waals surface area (Å²) in [6, 6.07) is 11.3. The number of nitrogens with zero attached hydrogens (tertiary/aromatic N) is 4. The van der Waals surface area contributed by atoms with Crippen LogP contribution in [0.1, 0.15) is 68.5 Å². The monoisotopic (exact) mass is 706 g/mol. The second-order valence-electron chi connectivity index (χ2n) is 14.6. The third kappa shape index (κ3) is 6.61. The van der Waals surface area contributed by atoms with Crippen molar-refractivity contribution in [1.29, 1.82) is 0 Å². The third-order valence-corrected chi connectivity index (χ3v) is 10.8. The summed E-state index contributed by atoms with van der Waals surface area (Å²) in [5.74, 6) is -1.32. The lowest BCUT2D eigenvalue weighted by molar-refractivity contribution is -0.148. The number of carbonyl (C=O) groups is 2. The topological polar surface area (TPSA) is 131 Å². The first-order chi connectivity index (χ1) is 23.4. The van der Waals surface area contributed by atoms with Gasteiger partial charge in [0.25, 0.3) is 15.9 Å². The number of rotatable bonds is 5. The number of ether oxygens (including phenoxy) is 2. The lowest BCUT2D eigenvalue weighted by atomic mass is 9.86. The van der Waals surface area contributed by atoms with Gasteiger partial charge in [0.1, 0.15) is 11.2 Å². The molecule has 4 aromatic rings. The summed E-state index contributed by atoms with van der Waals surface area (Å²) < 4.78 is 55.4. The number of aryl methyl sites for hydroxylation is 2. The van der Waals surface area contributed by atoms with E-state index in [0.717, 1.165) is 27.8 Å². The van der Waals surface area contributed by atoms with Crippen LogP contribution in [0.5, 0.6) is 0 Å². The molecule has 0 bridgehead atoms. The molecule has 0 radical (unpaired) electrons. The average molecular weight is 707 g/mol. The molecule has 2 aromatic carbocycles. The molecule has 11 nitrogen and oxygen atoms in total. The third-order valence-electron chi connectivity index (χ3n) is 9.15. The summed E-state index contributed by atoms with van der Waals surface area (Å²) in [5, 5.41) is 10.9. The molecule has 13 heteroatoms. The van der Waals surface area contributed by atoms with E-state index in [1.54, 1.807) is 48.8 Å². The number of hydrogen-bond donors (Lipinski definition) is 1. The van der Waals surface area contributed by atoms with E-state index in [0.29, 0.717) is 41.0 Å². The van der Waals surface area contributed by atoms with Crippen LogP contribution in [0.25, 0.3) is 22.2 Å². The van der Waals surface area contributed by atoms with Crippen molar-refractivity contribution in [3.63, 3.8) is 0 Å². The number of aliphatic hydroxyl groups is 1. The van der Waals surface area contributed by atoms with Crippen molar-refractivity contribution in [2.24, 2.45) is 0 Å². The van der Waals surface area contributed by atoms with Gasteiger partial charge in [-0.2, -0.15) is 8.36 Å².